The summed E-state index contributed by atoms with van der Waals surface area (Å²) in [6.45, 7) is 3.65. The van der Waals surface area contributed by atoms with Crippen molar-refractivity contribution >= 4 is 52.2 Å². The van der Waals surface area contributed by atoms with E-state index >= 15 is 0 Å². The number of carbonyl (C=O) groups excluding carboxylic acids is 3. The lowest BCUT2D eigenvalue weighted by Gasteiger charge is -2.42. The fourth-order valence-electron chi connectivity index (χ4n) is 6.25. The largest absolute Gasteiger partial charge is 0.450 e. The first-order valence-corrected chi connectivity index (χ1v) is 16.0. The van der Waals surface area contributed by atoms with Gasteiger partial charge in [0.15, 0.2) is 0 Å². The minimum absolute atomic E-state index is 0.00923. The molecule has 11 heteroatoms. The fraction of sp³-hybridized carbons (Fsp3) is 0.294. The molecule has 2 fully saturated rings. The summed E-state index contributed by atoms with van der Waals surface area (Å²) in [5, 5.41) is 10.8. The Labute approximate surface area is 270 Å². The topological polar surface area (TPSA) is 110 Å². The average Bonchev–Trinajstić information content (AvgIpc) is 3.58. The Morgan fingerprint density at radius 1 is 1.04 bits per heavy atom. The van der Waals surface area contributed by atoms with E-state index in [1.807, 2.05) is 66.9 Å². The molecule has 9 nitrogen and oxygen atoms in total. The number of amides is 3. The Morgan fingerprint density at radius 3 is 2.44 bits per heavy atom. The Hall–Kier alpha value is -4.46. The maximum atomic E-state index is 15.0. The SMILES string of the molecule is CCOC(=O)N1CCN(C(=O)[C@@]2(Sc3ccccc3)CC(=O)N(Cc3ccc(C#N)cc3)[C@@H]2c2c[nH]c3cc(Cl)ccc23)CC1. The van der Waals surface area contributed by atoms with Gasteiger partial charge in [0.05, 0.1) is 30.7 Å². The molecule has 0 unspecified atom stereocenters. The van der Waals surface area contributed by atoms with Crippen LogP contribution in [0, 0.1) is 11.3 Å². The quantitative estimate of drug-likeness (QED) is 0.265. The van der Waals surface area contributed by atoms with Crippen molar-refractivity contribution in [3.05, 3.63) is 101 Å². The molecule has 0 aliphatic carbocycles. The minimum Gasteiger partial charge on any atom is -0.450 e. The van der Waals surface area contributed by atoms with Crippen molar-refractivity contribution in [3.8, 4) is 6.07 Å². The molecule has 1 N–H and O–H groups in total. The summed E-state index contributed by atoms with van der Waals surface area (Å²) in [4.78, 5) is 51.0. The number of hydrogen-bond donors (Lipinski definition) is 1. The third-order valence-corrected chi connectivity index (χ3v) is 10.0. The molecular weight excluding hydrogens is 610 g/mol. The third kappa shape index (κ3) is 5.98. The van der Waals surface area contributed by atoms with E-state index in [4.69, 9.17) is 16.3 Å². The van der Waals surface area contributed by atoms with E-state index in [-0.39, 0.29) is 31.4 Å². The first-order chi connectivity index (χ1) is 21.8. The molecule has 230 valence electrons. The van der Waals surface area contributed by atoms with Crippen LogP contribution in [0.1, 0.15) is 36.1 Å². The second kappa shape index (κ2) is 12.9. The van der Waals surface area contributed by atoms with Crippen molar-refractivity contribution in [1.82, 2.24) is 19.7 Å². The second-order valence-corrected chi connectivity index (χ2v) is 13.0. The first-order valence-electron chi connectivity index (χ1n) is 14.8. The molecule has 6 rings (SSSR count). The molecule has 1 aromatic heterocycles. The molecule has 0 saturated carbocycles. The van der Waals surface area contributed by atoms with Crippen molar-refractivity contribution in [1.29, 1.82) is 5.26 Å². The molecule has 4 aromatic rings. The number of carbonyl (C=O) groups is 3. The number of likely N-dealkylation sites (tertiary alicyclic amines) is 1. The molecule has 3 amide bonds. The number of piperazine rings is 1. The maximum absolute atomic E-state index is 15.0. The van der Waals surface area contributed by atoms with Gasteiger partial charge in [0.1, 0.15) is 4.75 Å². The van der Waals surface area contributed by atoms with Crippen LogP contribution in [0.3, 0.4) is 0 Å². The smallest absolute Gasteiger partial charge is 0.409 e. The number of thioether (sulfide) groups is 1. The molecule has 3 heterocycles. The summed E-state index contributed by atoms with van der Waals surface area (Å²) in [5.74, 6) is -0.293. The highest BCUT2D eigenvalue weighted by Gasteiger charge is 2.59. The van der Waals surface area contributed by atoms with E-state index in [1.54, 1.807) is 33.8 Å². The van der Waals surface area contributed by atoms with Crippen LogP contribution in [-0.4, -0.2) is 75.1 Å². The van der Waals surface area contributed by atoms with E-state index in [9.17, 15) is 19.6 Å². The molecule has 0 bridgehead atoms. The molecule has 2 atom stereocenters. The van der Waals surface area contributed by atoms with Gasteiger partial charge in [-0.2, -0.15) is 5.26 Å². The Bertz CT molecular complexity index is 1760. The van der Waals surface area contributed by atoms with Gasteiger partial charge >= 0.3 is 6.09 Å². The maximum Gasteiger partial charge on any atom is 0.409 e. The first kappa shape index (κ1) is 30.6. The predicted molar refractivity (Wildman–Crippen MR) is 173 cm³/mol. The number of nitriles is 1. The number of nitrogens with one attached hydrogen (secondary N) is 1. The zero-order valence-electron chi connectivity index (χ0n) is 24.7. The number of hydrogen-bond acceptors (Lipinski definition) is 6. The number of ether oxygens (including phenoxy) is 1. The molecule has 45 heavy (non-hydrogen) atoms. The number of halogens is 1. The highest BCUT2D eigenvalue weighted by molar-refractivity contribution is 8.01. The van der Waals surface area contributed by atoms with Gasteiger partial charge in [0.25, 0.3) is 0 Å². The lowest BCUT2D eigenvalue weighted by atomic mass is 9.90. The van der Waals surface area contributed by atoms with Crippen LogP contribution in [0.4, 0.5) is 4.79 Å². The average molecular weight is 642 g/mol. The van der Waals surface area contributed by atoms with E-state index in [0.29, 0.717) is 36.8 Å². The highest BCUT2D eigenvalue weighted by Crippen LogP contribution is 2.55. The minimum atomic E-state index is -1.22. The number of fused-ring (bicyclic) bond motifs is 1. The summed E-state index contributed by atoms with van der Waals surface area (Å²) in [5.41, 5.74) is 3.02. The summed E-state index contributed by atoms with van der Waals surface area (Å²) in [6.07, 6.45) is 1.48. The normalized spacial score (nSPS) is 20.0. The van der Waals surface area contributed by atoms with E-state index < -0.39 is 16.9 Å². The van der Waals surface area contributed by atoms with Crippen LogP contribution >= 0.6 is 23.4 Å². The van der Waals surface area contributed by atoms with Gasteiger partial charge in [-0.3, -0.25) is 9.59 Å². The number of rotatable bonds is 7. The van der Waals surface area contributed by atoms with E-state index in [2.05, 4.69) is 11.1 Å². The molecule has 0 spiro atoms. The Morgan fingerprint density at radius 2 is 1.76 bits per heavy atom. The van der Waals surface area contributed by atoms with Gasteiger partial charge in [-0.1, -0.05) is 48.0 Å². The molecule has 2 aliphatic rings. The van der Waals surface area contributed by atoms with Gasteiger partial charge in [-0.25, -0.2) is 4.79 Å². The lowest BCUT2D eigenvalue weighted by Crippen LogP contribution is -2.57. The van der Waals surface area contributed by atoms with E-state index in [0.717, 1.165) is 26.9 Å². The van der Waals surface area contributed by atoms with Crippen LogP contribution < -0.4 is 0 Å². The van der Waals surface area contributed by atoms with Crippen LogP contribution in [-0.2, 0) is 20.9 Å². The van der Waals surface area contributed by atoms with Crippen molar-refractivity contribution in [2.24, 2.45) is 0 Å². The zero-order chi connectivity index (χ0) is 31.6. The predicted octanol–water partition coefficient (Wildman–Crippen LogP) is 6.00. The van der Waals surface area contributed by atoms with Crippen LogP contribution in [0.15, 0.2) is 83.9 Å². The molecular formula is C34H32ClN5O4S. The second-order valence-electron chi connectivity index (χ2n) is 11.1. The molecule has 3 aromatic carbocycles. The van der Waals surface area contributed by atoms with Crippen molar-refractivity contribution < 1.29 is 19.1 Å². The van der Waals surface area contributed by atoms with Gasteiger partial charge in [-0.05, 0) is 48.9 Å². The van der Waals surface area contributed by atoms with Crippen molar-refractivity contribution in [2.75, 3.05) is 32.8 Å². The fourth-order valence-corrected chi connectivity index (χ4v) is 7.91. The summed E-state index contributed by atoms with van der Waals surface area (Å²) >= 11 is 7.75. The number of H-pyrrole nitrogens is 1. The molecule has 2 aliphatic heterocycles. The summed E-state index contributed by atoms with van der Waals surface area (Å²) < 4.78 is 3.97. The van der Waals surface area contributed by atoms with Gasteiger partial charge in [0, 0.05) is 65.3 Å². The van der Waals surface area contributed by atoms with Crippen LogP contribution in [0.25, 0.3) is 10.9 Å². The Kier molecular flexibility index (Phi) is 8.74. The standard InChI is InChI=1S/C34H32ClN5O4S/c1-2-44-33(43)39-16-14-38(15-17-39)32(42)34(45-26-6-4-3-5-7-26)19-30(41)40(22-24-10-8-23(20-36)9-11-24)31(34)28-21-37-29-18-25(35)12-13-27(28)29/h3-13,18,21,31,37H,2,14-17,19,22H2,1H3/t31-,34-/m1/s1. The monoisotopic (exact) mass is 641 g/mol. The Balaban J connectivity index is 1.45. The van der Waals surface area contributed by atoms with E-state index in [1.165, 1.54) is 11.8 Å². The zero-order valence-corrected chi connectivity index (χ0v) is 26.3. The molecule has 2 saturated heterocycles. The van der Waals surface area contributed by atoms with Gasteiger partial charge in [0.2, 0.25) is 11.8 Å². The molecule has 0 radical (unpaired) electrons. The highest BCUT2D eigenvalue weighted by atomic mass is 35.5. The third-order valence-electron chi connectivity index (χ3n) is 8.39. The van der Waals surface area contributed by atoms with Crippen LogP contribution in [0.5, 0.6) is 0 Å². The summed E-state index contributed by atoms with van der Waals surface area (Å²) in [6, 6.07) is 23.9. The van der Waals surface area contributed by atoms with Crippen LogP contribution in [0.2, 0.25) is 5.02 Å². The number of aromatic nitrogens is 1. The van der Waals surface area contributed by atoms with Gasteiger partial charge < -0.3 is 24.4 Å². The summed E-state index contributed by atoms with van der Waals surface area (Å²) in [7, 11) is 0. The van der Waals surface area contributed by atoms with Crippen molar-refractivity contribution in [3.63, 3.8) is 0 Å². The lowest BCUT2D eigenvalue weighted by molar-refractivity contribution is -0.136. The number of aromatic amines is 1. The number of nitrogens with zero attached hydrogens (tertiary/aromatic N) is 4. The number of benzene rings is 3. The van der Waals surface area contributed by atoms with Gasteiger partial charge in [-0.15, -0.1) is 11.8 Å². The van der Waals surface area contributed by atoms with Crippen molar-refractivity contribution in [2.45, 2.75) is 35.6 Å².